The molecule has 0 saturated heterocycles. The number of aromatic hydroxyl groups is 1. The van der Waals surface area contributed by atoms with Crippen LogP contribution in [0.15, 0.2) is 42.6 Å². The van der Waals surface area contributed by atoms with E-state index in [-0.39, 0.29) is 11.6 Å². The standard InChI is InChI=1S/C15H11F3N2O2/c1-9-2-7-12-19-13(14(21)20(12)8-9)10-3-5-11(6-4-10)22-15(16,17)18/h2-8,21H,1H3. The Labute approximate surface area is 123 Å². The van der Waals surface area contributed by atoms with E-state index in [0.29, 0.717) is 16.9 Å². The molecule has 1 aromatic carbocycles. The number of aromatic nitrogens is 2. The summed E-state index contributed by atoms with van der Waals surface area (Å²) in [6.45, 7) is 1.88. The molecule has 1 N–H and O–H groups in total. The first-order valence-electron chi connectivity index (χ1n) is 6.37. The molecule has 3 rings (SSSR count). The topological polar surface area (TPSA) is 46.8 Å². The summed E-state index contributed by atoms with van der Waals surface area (Å²) >= 11 is 0. The highest BCUT2D eigenvalue weighted by Crippen LogP contribution is 2.32. The van der Waals surface area contributed by atoms with Crippen molar-refractivity contribution in [2.45, 2.75) is 13.3 Å². The van der Waals surface area contributed by atoms with Crippen LogP contribution in [0.3, 0.4) is 0 Å². The van der Waals surface area contributed by atoms with Crippen molar-refractivity contribution >= 4 is 5.65 Å². The molecule has 2 aromatic heterocycles. The lowest BCUT2D eigenvalue weighted by Gasteiger charge is -2.08. The van der Waals surface area contributed by atoms with E-state index in [1.165, 1.54) is 28.7 Å². The molecule has 0 fully saturated rings. The fourth-order valence-electron chi connectivity index (χ4n) is 2.15. The minimum Gasteiger partial charge on any atom is -0.493 e. The second-order valence-electron chi connectivity index (χ2n) is 4.79. The maximum absolute atomic E-state index is 12.1. The van der Waals surface area contributed by atoms with E-state index < -0.39 is 6.36 Å². The number of fused-ring (bicyclic) bond motifs is 1. The number of alkyl halides is 3. The maximum Gasteiger partial charge on any atom is 0.573 e. The van der Waals surface area contributed by atoms with Crippen LogP contribution in [-0.4, -0.2) is 20.9 Å². The first-order chi connectivity index (χ1) is 10.3. The third-order valence-corrected chi connectivity index (χ3v) is 3.10. The van der Waals surface area contributed by atoms with Crippen LogP contribution in [0.4, 0.5) is 13.2 Å². The van der Waals surface area contributed by atoms with Crippen molar-refractivity contribution in [1.29, 1.82) is 0 Å². The number of halogens is 3. The average molecular weight is 308 g/mol. The predicted octanol–water partition coefficient (Wildman–Crippen LogP) is 3.91. The Morgan fingerprint density at radius 1 is 1.09 bits per heavy atom. The number of nitrogens with zero attached hydrogens (tertiary/aromatic N) is 2. The number of imidazole rings is 1. The second-order valence-corrected chi connectivity index (χ2v) is 4.79. The molecule has 0 radical (unpaired) electrons. The number of rotatable bonds is 2. The van der Waals surface area contributed by atoms with Crippen LogP contribution in [0.2, 0.25) is 0 Å². The molecule has 3 aromatic rings. The van der Waals surface area contributed by atoms with Gasteiger partial charge in [0.05, 0.1) is 0 Å². The maximum atomic E-state index is 12.1. The summed E-state index contributed by atoms with van der Waals surface area (Å²) in [6, 6.07) is 8.78. The number of ether oxygens (including phenoxy) is 1. The number of hydrogen-bond donors (Lipinski definition) is 1. The Hall–Kier alpha value is -2.70. The first kappa shape index (κ1) is 14.2. The lowest BCUT2D eigenvalue weighted by Crippen LogP contribution is -2.16. The molecular formula is C15H11F3N2O2. The molecule has 0 saturated carbocycles. The van der Waals surface area contributed by atoms with Gasteiger partial charge in [0, 0.05) is 11.8 Å². The highest BCUT2D eigenvalue weighted by molar-refractivity contribution is 5.69. The molecular weight excluding hydrogens is 297 g/mol. The summed E-state index contributed by atoms with van der Waals surface area (Å²) in [6.07, 6.45) is -3.01. The molecule has 0 aliphatic heterocycles. The lowest BCUT2D eigenvalue weighted by atomic mass is 10.1. The van der Waals surface area contributed by atoms with Crippen LogP contribution in [0.1, 0.15) is 5.56 Å². The molecule has 7 heteroatoms. The fourth-order valence-corrected chi connectivity index (χ4v) is 2.15. The minimum atomic E-state index is -4.73. The molecule has 0 aliphatic rings. The summed E-state index contributed by atoms with van der Waals surface area (Å²) in [4.78, 5) is 4.28. The van der Waals surface area contributed by atoms with Crippen molar-refractivity contribution in [2.24, 2.45) is 0 Å². The van der Waals surface area contributed by atoms with Crippen LogP contribution in [0.5, 0.6) is 11.6 Å². The van der Waals surface area contributed by atoms with E-state index in [2.05, 4.69) is 9.72 Å². The summed E-state index contributed by atoms with van der Waals surface area (Å²) in [7, 11) is 0. The van der Waals surface area contributed by atoms with Gasteiger partial charge >= 0.3 is 6.36 Å². The van der Waals surface area contributed by atoms with E-state index in [1.807, 2.05) is 13.0 Å². The Bertz CT molecular complexity index is 823. The Morgan fingerprint density at radius 3 is 2.41 bits per heavy atom. The van der Waals surface area contributed by atoms with Gasteiger partial charge in [-0.05, 0) is 42.8 Å². The van der Waals surface area contributed by atoms with Crippen LogP contribution in [0.25, 0.3) is 16.9 Å². The SMILES string of the molecule is Cc1ccc2nc(-c3ccc(OC(F)(F)F)cc3)c(O)n2c1. The van der Waals surface area contributed by atoms with Gasteiger partial charge in [-0.3, -0.25) is 4.40 Å². The summed E-state index contributed by atoms with van der Waals surface area (Å²) in [5.74, 6) is -0.390. The summed E-state index contributed by atoms with van der Waals surface area (Å²) < 4.78 is 41.7. The van der Waals surface area contributed by atoms with E-state index in [1.54, 1.807) is 12.3 Å². The van der Waals surface area contributed by atoms with Gasteiger partial charge in [0.1, 0.15) is 17.1 Å². The van der Waals surface area contributed by atoms with Crippen LogP contribution < -0.4 is 4.74 Å². The molecule has 0 amide bonds. The molecule has 114 valence electrons. The highest BCUT2D eigenvalue weighted by Gasteiger charge is 2.31. The van der Waals surface area contributed by atoms with Crippen LogP contribution in [0, 0.1) is 6.92 Å². The number of pyridine rings is 1. The van der Waals surface area contributed by atoms with Crippen molar-refractivity contribution in [2.75, 3.05) is 0 Å². The molecule has 4 nitrogen and oxygen atoms in total. The first-order valence-corrected chi connectivity index (χ1v) is 6.37. The fraction of sp³-hybridized carbons (Fsp3) is 0.133. The van der Waals surface area contributed by atoms with Gasteiger partial charge < -0.3 is 9.84 Å². The smallest absolute Gasteiger partial charge is 0.493 e. The third-order valence-electron chi connectivity index (χ3n) is 3.10. The third kappa shape index (κ3) is 2.69. The van der Waals surface area contributed by atoms with Gasteiger partial charge in [0.25, 0.3) is 0 Å². The predicted molar refractivity (Wildman–Crippen MR) is 73.7 cm³/mol. The Kier molecular flexibility index (Phi) is 3.20. The number of hydrogen-bond acceptors (Lipinski definition) is 3. The van der Waals surface area contributed by atoms with Gasteiger partial charge in [0.15, 0.2) is 0 Å². The van der Waals surface area contributed by atoms with Gasteiger partial charge in [0.2, 0.25) is 5.88 Å². The minimum absolute atomic E-state index is 0.0665. The number of aryl methyl sites for hydroxylation is 1. The molecule has 2 heterocycles. The average Bonchev–Trinajstić information content (AvgIpc) is 2.75. The van der Waals surface area contributed by atoms with Crippen molar-refractivity contribution < 1.29 is 23.0 Å². The molecule has 0 spiro atoms. The molecule has 0 bridgehead atoms. The Balaban J connectivity index is 1.99. The van der Waals surface area contributed by atoms with Crippen LogP contribution in [-0.2, 0) is 0 Å². The van der Waals surface area contributed by atoms with Gasteiger partial charge in [-0.25, -0.2) is 4.98 Å². The van der Waals surface area contributed by atoms with Crippen LogP contribution >= 0.6 is 0 Å². The van der Waals surface area contributed by atoms with Crippen molar-refractivity contribution in [1.82, 2.24) is 9.38 Å². The zero-order valence-corrected chi connectivity index (χ0v) is 11.4. The highest BCUT2D eigenvalue weighted by atomic mass is 19.4. The monoisotopic (exact) mass is 308 g/mol. The van der Waals surface area contributed by atoms with E-state index >= 15 is 0 Å². The summed E-state index contributed by atoms with van der Waals surface area (Å²) in [5.41, 5.74) is 2.28. The quantitative estimate of drug-likeness (QED) is 0.780. The van der Waals surface area contributed by atoms with E-state index in [4.69, 9.17) is 0 Å². The Morgan fingerprint density at radius 2 is 1.77 bits per heavy atom. The summed E-state index contributed by atoms with van der Waals surface area (Å²) in [5, 5.41) is 10.2. The molecule has 22 heavy (non-hydrogen) atoms. The number of benzene rings is 1. The molecule has 0 unspecified atom stereocenters. The zero-order valence-electron chi connectivity index (χ0n) is 11.4. The van der Waals surface area contributed by atoms with Crippen molar-refractivity contribution in [3.05, 3.63) is 48.2 Å². The molecule has 0 aliphatic carbocycles. The van der Waals surface area contributed by atoms with E-state index in [0.717, 1.165) is 5.56 Å². The van der Waals surface area contributed by atoms with Crippen molar-refractivity contribution in [3.8, 4) is 22.9 Å². The zero-order chi connectivity index (χ0) is 15.9. The van der Waals surface area contributed by atoms with Gasteiger partial charge in [-0.1, -0.05) is 6.07 Å². The van der Waals surface area contributed by atoms with Gasteiger partial charge in [-0.15, -0.1) is 13.2 Å². The largest absolute Gasteiger partial charge is 0.573 e. The lowest BCUT2D eigenvalue weighted by molar-refractivity contribution is -0.274. The molecule has 0 atom stereocenters. The normalized spacial score (nSPS) is 11.8. The van der Waals surface area contributed by atoms with Gasteiger partial charge in [-0.2, -0.15) is 0 Å². The second kappa shape index (κ2) is 4.94. The van der Waals surface area contributed by atoms with Crippen molar-refractivity contribution in [3.63, 3.8) is 0 Å². The van der Waals surface area contributed by atoms with E-state index in [9.17, 15) is 18.3 Å².